The van der Waals surface area contributed by atoms with Crippen molar-refractivity contribution in [3.63, 3.8) is 0 Å². The van der Waals surface area contributed by atoms with E-state index in [-0.39, 0.29) is 5.95 Å². The Morgan fingerprint density at radius 1 is 0.933 bits per heavy atom. The molecular formula is C21H20N8O. The van der Waals surface area contributed by atoms with Crippen LogP contribution in [0.2, 0.25) is 0 Å². The first-order valence-electron chi connectivity index (χ1n) is 9.66. The van der Waals surface area contributed by atoms with E-state index in [2.05, 4.69) is 30.2 Å². The maximum Gasteiger partial charge on any atom is 0.229 e. The van der Waals surface area contributed by atoms with Gasteiger partial charge in [-0.15, -0.1) is 0 Å². The number of morpholine rings is 1. The van der Waals surface area contributed by atoms with Crippen molar-refractivity contribution in [3.05, 3.63) is 55.0 Å². The second-order valence-corrected chi connectivity index (χ2v) is 6.91. The molecule has 9 heteroatoms. The summed E-state index contributed by atoms with van der Waals surface area (Å²) >= 11 is 0. The first-order chi connectivity index (χ1) is 14.7. The van der Waals surface area contributed by atoms with E-state index in [1.165, 1.54) is 0 Å². The quantitative estimate of drug-likeness (QED) is 0.533. The Morgan fingerprint density at radius 2 is 1.73 bits per heavy atom. The van der Waals surface area contributed by atoms with Crippen LogP contribution in [-0.4, -0.2) is 51.2 Å². The van der Waals surface area contributed by atoms with E-state index in [0.29, 0.717) is 24.9 Å². The van der Waals surface area contributed by atoms with Gasteiger partial charge in [-0.05, 0) is 12.1 Å². The molecule has 1 aromatic carbocycles. The number of anilines is 4. The highest BCUT2D eigenvalue weighted by molar-refractivity contribution is 5.82. The Balaban J connectivity index is 1.53. The Morgan fingerprint density at radius 3 is 2.57 bits per heavy atom. The molecule has 1 saturated heterocycles. The molecule has 0 radical (unpaired) electrons. The van der Waals surface area contributed by atoms with Crippen LogP contribution in [0.1, 0.15) is 0 Å². The molecule has 1 aliphatic heterocycles. The predicted molar refractivity (Wildman–Crippen MR) is 116 cm³/mol. The van der Waals surface area contributed by atoms with Crippen molar-refractivity contribution in [2.45, 2.75) is 0 Å². The largest absolute Gasteiger partial charge is 0.378 e. The van der Waals surface area contributed by atoms with E-state index in [9.17, 15) is 0 Å². The molecule has 0 aliphatic carbocycles. The fraction of sp³-hybridized carbons (Fsp3) is 0.190. The van der Waals surface area contributed by atoms with Crippen molar-refractivity contribution in [2.75, 3.05) is 42.3 Å². The summed E-state index contributed by atoms with van der Waals surface area (Å²) in [5, 5.41) is 4.33. The highest BCUT2D eigenvalue weighted by Gasteiger charge is 2.16. The maximum absolute atomic E-state index is 5.63. The zero-order valence-electron chi connectivity index (χ0n) is 16.2. The molecule has 9 nitrogen and oxygen atoms in total. The van der Waals surface area contributed by atoms with Gasteiger partial charge in [0.1, 0.15) is 5.82 Å². The minimum absolute atomic E-state index is 0.224. The highest BCUT2D eigenvalue weighted by atomic mass is 16.5. The molecule has 30 heavy (non-hydrogen) atoms. The number of nitrogens with zero attached hydrogens (tertiary/aromatic N) is 6. The average molecular weight is 400 g/mol. The van der Waals surface area contributed by atoms with Crippen molar-refractivity contribution in [3.8, 4) is 11.3 Å². The summed E-state index contributed by atoms with van der Waals surface area (Å²) in [5.74, 6) is 1.51. The zero-order valence-corrected chi connectivity index (χ0v) is 16.2. The smallest absolute Gasteiger partial charge is 0.229 e. The van der Waals surface area contributed by atoms with Gasteiger partial charge in [-0.3, -0.25) is 4.98 Å². The molecule has 3 N–H and O–H groups in total. The Hall–Kier alpha value is -3.85. The third kappa shape index (κ3) is 3.83. The second-order valence-electron chi connectivity index (χ2n) is 6.91. The summed E-state index contributed by atoms with van der Waals surface area (Å²) in [7, 11) is 0. The summed E-state index contributed by atoms with van der Waals surface area (Å²) in [5.41, 5.74) is 8.86. The molecule has 3 aromatic heterocycles. The molecule has 4 aromatic rings. The molecule has 0 bridgehead atoms. The van der Waals surface area contributed by atoms with Gasteiger partial charge in [0.25, 0.3) is 0 Å². The average Bonchev–Trinajstić information content (AvgIpc) is 2.80. The maximum atomic E-state index is 5.63. The van der Waals surface area contributed by atoms with E-state index < -0.39 is 0 Å². The molecule has 0 unspecified atom stereocenters. The Labute approximate surface area is 173 Å². The number of pyridine rings is 1. The number of hydrogen-bond donors (Lipinski definition) is 2. The van der Waals surface area contributed by atoms with Gasteiger partial charge >= 0.3 is 0 Å². The van der Waals surface area contributed by atoms with E-state index in [1.807, 2.05) is 36.4 Å². The van der Waals surface area contributed by atoms with Gasteiger partial charge in [0.05, 0.1) is 36.3 Å². The van der Waals surface area contributed by atoms with E-state index in [4.69, 9.17) is 15.5 Å². The monoisotopic (exact) mass is 400 g/mol. The van der Waals surface area contributed by atoms with Crippen LogP contribution in [0.4, 0.5) is 23.4 Å². The Kier molecular flexibility index (Phi) is 4.78. The van der Waals surface area contributed by atoms with Crippen LogP contribution in [0.25, 0.3) is 22.2 Å². The van der Waals surface area contributed by atoms with Gasteiger partial charge in [-0.1, -0.05) is 18.2 Å². The number of nitrogens with one attached hydrogen (secondary N) is 1. The fourth-order valence-corrected chi connectivity index (χ4v) is 3.33. The molecule has 150 valence electrons. The lowest BCUT2D eigenvalue weighted by Gasteiger charge is -2.28. The van der Waals surface area contributed by atoms with Crippen LogP contribution in [0.3, 0.4) is 0 Å². The number of hydrogen-bond acceptors (Lipinski definition) is 9. The second kappa shape index (κ2) is 7.88. The molecular weight excluding hydrogens is 380 g/mol. The normalized spacial score (nSPS) is 14.1. The van der Waals surface area contributed by atoms with Gasteiger partial charge < -0.3 is 20.7 Å². The van der Waals surface area contributed by atoms with Gasteiger partial charge in [-0.25, -0.2) is 15.0 Å². The molecule has 0 spiro atoms. The van der Waals surface area contributed by atoms with E-state index >= 15 is 0 Å². The SMILES string of the molecule is Nc1ncc(-c2cc(N3CCOCC3)nc(Nc3cnc4ccccc4c3)n2)cn1. The van der Waals surface area contributed by atoms with Crippen LogP contribution < -0.4 is 16.0 Å². The molecule has 0 amide bonds. The molecule has 5 rings (SSSR count). The number of ether oxygens (including phenoxy) is 1. The van der Waals surface area contributed by atoms with Crippen LogP contribution >= 0.6 is 0 Å². The zero-order chi connectivity index (χ0) is 20.3. The van der Waals surface area contributed by atoms with Crippen molar-refractivity contribution >= 4 is 34.3 Å². The van der Waals surface area contributed by atoms with Crippen molar-refractivity contribution in [1.82, 2.24) is 24.9 Å². The lowest BCUT2D eigenvalue weighted by Crippen LogP contribution is -2.36. The van der Waals surface area contributed by atoms with Crippen LogP contribution in [0.15, 0.2) is 55.0 Å². The lowest BCUT2D eigenvalue weighted by molar-refractivity contribution is 0.122. The van der Waals surface area contributed by atoms with Crippen molar-refractivity contribution in [1.29, 1.82) is 0 Å². The first kappa shape index (κ1) is 18.2. The van der Waals surface area contributed by atoms with E-state index in [1.54, 1.807) is 18.6 Å². The first-order valence-corrected chi connectivity index (χ1v) is 9.66. The number of para-hydroxylation sites is 1. The predicted octanol–water partition coefficient (Wildman–Crippen LogP) is 2.64. The molecule has 4 heterocycles. The van der Waals surface area contributed by atoms with Gasteiger partial charge in [0.15, 0.2) is 0 Å². The molecule has 1 fully saturated rings. The van der Waals surface area contributed by atoms with Crippen molar-refractivity contribution in [2.24, 2.45) is 0 Å². The third-order valence-corrected chi connectivity index (χ3v) is 4.86. The van der Waals surface area contributed by atoms with Gasteiger partial charge in [-0.2, -0.15) is 4.98 Å². The van der Waals surface area contributed by atoms with Crippen LogP contribution in [-0.2, 0) is 4.74 Å². The van der Waals surface area contributed by atoms with Gasteiger partial charge in [0, 0.05) is 42.5 Å². The van der Waals surface area contributed by atoms with Gasteiger partial charge in [0.2, 0.25) is 11.9 Å². The standard InChI is InChI=1S/C21H20N8O/c22-20-24-11-15(12-25-20)18-10-19(29-5-7-30-8-6-29)28-21(27-18)26-16-9-14-3-1-2-4-17(14)23-13-16/h1-4,9-13H,5-8H2,(H2,22,24,25)(H,26,27,28). The number of benzene rings is 1. The lowest BCUT2D eigenvalue weighted by atomic mass is 10.2. The third-order valence-electron chi connectivity index (χ3n) is 4.86. The van der Waals surface area contributed by atoms with Crippen LogP contribution in [0.5, 0.6) is 0 Å². The summed E-state index contributed by atoms with van der Waals surface area (Å²) in [4.78, 5) is 24.3. The number of nitrogens with two attached hydrogens (primary N) is 1. The summed E-state index contributed by atoms with van der Waals surface area (Å²) in [6.07, 6.45) is 5.10. The fourth-order valence-electron chi connectivity index (χ4n) is 3.33. The number of rotatable bonds is 4. The topological polar surface area (TPSA) is 115 Å². The molecule has 1 aliphatic rings. The minimum Gasteiger partial charge on any atom is -0.378 e. The molecule has 0 atom stereocenters. The summed E-state index contributed by atoms with van der Waals surface area (Å²) in [6.45, 7) is 2.88. The summed E-state index contributed by atoms with van der Waals surface area (Å²) < 4.78 is 5.47. The minimum atomic E-state index is 0.224. The van der Waals surface area contributed by atoms with Crippen molar-refractivity contribution < 1.29 is 4.74 Å². The number of aromatic nitrogens is 5. The van der Waals surface area contributed by atoms with E-state index in [0.717, 1.165) is 41.1 Å². The number of fused-ring (bicyclic) bond motifs is 1. The highest BCUT2D eigenvalue weighted by Crippen LogP contribution is 2.26. The Bertz CT molecular complexity index is 1180. The number of nitrogen functional groups attached to an aromatic ring is 1. The summed E-state index contributed by atoms with van der Waals surface area (Å²) in [6, 6.07) is 11.9. The van der Waals surface area contributed by atoms with Crippen LogP contribution in [0, 0.1) is 0 Å². The molecule has 0 saturated carbocycles.